The fraction of sp³-hybridized carbons (Fsp3) is 0.667. The molecule has 5 nitrogen and oxygen atoms in total. The predicted molar refractivity (Wildman–Crippen MR) is 88.9 cm³/mol. The number of fused-ring (bicyclic) bond motifs is 1. The molecule has 0 radical (unpaired) electrons. The van der Waals surface area contributed by atoms with E-state index >= 15 is 0 Å². The average Bonchev–Trinajstić information content (AvgIpc) is 2.54. The minimum absolute atomic E-state index is 0.0669. The van der Waals surface area contributed by atoms with Crippen LogP contribution in [0.5, 0.6) is 0 Å². The maximum absolute atomic E-state index is 12.9. The van der Waals surface area contributed by atoms with E-state index in [1.807, 2.05) is 13.8 Å². The zero-order valence-electron chi connectivity index (χ0n) is 14.8. The Morgan fingerprint density at radius 1 is 0.885 bits per heavy atom. The lowest BCUT2D eigenvalue weighted by molar-refractivity contribution is -0.197. The minimum Gasteiger partial charge on any atom is -0.381 e. The van der Waals surface area contributed by atoms with Crippen molar-refractivity contribution >= 4 is 11.2 Å². The van der Waals surface area contributed by atoms with Crippen LogP contribution in [0, 0.1) is 19.8 Å². The van der Waals surface area contributed by atoms with Crippen molar-refractivity contribution in [3.8, 4) is 0 Å². The predicted octanol–water partition coefficient (Wildman–Crippen LogP) is 3.99. The van der Waals surface area contributed by atoms with Gasteiger partial charge in [0.15, 0.2) is 5.65 Å². The highest BCUT2D eigenvalue weighted by atomic mass is 19.4. The molecule has 0 spiro atoms. The molecule has 0 aromatic carbocycles. The van der Waals surface area contributed by atoms with Crippen LogP contribution in [0.1, 0.15) is 60.4 Å². The van der Waals surface area contributed by atoms with Gasteiger partial charge in [-0.15, -0.1) is 0 Å². The second-order valence-electron chi connectivity index (χ2n) is 7.33. The average molecular weight is 366 g/mol. The summed E-state index contributed by atoms with van der Waals surface area (Å²) in [6.07, 6.45) is -2.37. The van der Waals surface area contributed by atoms with Crippen LogP contribution in [-0.2, 0) is 4.74 Å². The third-order valence-electron chi connectivity index (χ3n) is 5.56. The number of rotatable bonds is 2. The molecule has 2 aliphatic rings. The fourth-order valence-electron chi connectivity index (χ4n) is 3.68. The maximum atomic E-state index is 12.9. The molecule has 2 aromatic heterocycles. The summed E-state index contributed by atoms with van der Waals surface area (Å²) in [5.41, 5.74) is 3.21. The number of nitrogens with zero attached hydrogens (tertiary/aromatic N) is 4. The summed E-state index contributed by atoms with van der Waals surface area (Å²) < 4.78 is 44.1. The first-order valence-electron chi connectivity index (χ1n) is 9.00. The molecule has 8 heteroatoms. The van der Waals surface area contributed by atoms with Crippen LogP contribution in [0.2, 0.25) is 0 Å². The zero-order valence-corrected chi connectivity index (χ0v) is 14.8. The number of ether oxygens (including phenoxy) is 1. The first-order chi connectivity index (χ1) is 12.3. The smallest absolute Gasteiger partial charge is 0.381 e. The Kier molecular flexibility index (Phi) is 4.33. The Morgan fingerprint density at radius 3 is 2.19 bits per heavy atom. The number of alkyl halides is 3. The van der Waals surface area contributed by atoms with E-state index in [0.29, 0.717) is 35.9 Å². The molecule has 3 heterocycles. The largest absolute Gasteiger partial charge is 0.391 e. The Morgan fingerprint density at radius 2 is 1.54 bits per heavy atom. The molecule has 0 bridgehead atoms. The summed E-state index contributed by atoms with van der Waals surface area (Å²) in [7, 11) is 0. The van der Waals surface area contributed by atoms with Crippen LogP contribution in [0.4, 0.5) is 13.2 Å². The second-order valence-corrected chi connectivity index (χ2v) is 7.33. The summed E-state index contributed by atoms with van der Waals surface area (Å²) in [4.78, 5) is 18.4. The van der Waals surface area contributed by atoms with Crippen LogP contribution in [0.25, 0.3) is 11.2 Å². The highest BCUT2D eigenvalue weighted by Gasteiger charge is 2.49. The molecule has 1 aliphatic carbocycles. The third-order valence-corrected chi connectivity index (χ3v) is 5.56. The van der Waals surface area contributed by atoms with Gasteiger partial charge in [0.25, 0.3) is 0 Å². The molecule has 0 atom stereocenters. The lowest BCUT2D eigenvalue weighted by Crippen LogP contribution is -2.35. The van der Waals surface area contributed by atoms with E-state index < -0.39 is 12.1 Å². The van der Waals surface area contributed by atoms with Crippen LogP contribution in [-0.4, -0.2) is 39.3 Å². The van der Waals surface area contributed by atoms with E-state index in [9.17, 15) is 13.2 Å². The monoisotopic (exact) mass is 366 g/mol. The Hall–Kier alpha value is -1.83. The van der Waals surface area contributed by atoms with Crippen LogP contribution in [0.15, 0.2) is 0 Å². The van der Waals surface area contributed by atoms with Gasteiger partial charge in [-0.05, 0) is 39.5 Å². The summed E-state index contributed by atoms with van der Waals surface area (Å²) >= 11 is 0. The van der Waals surface area contributed by atoms with E-state index in [1.165, 1.54) is 0 Å². The molecule has 26 heavy (non-hydrogen) atoms. The first kappa shape index (κ1) is 17.6. The first-order valence-corrected chi connectivity index (χ1v) is 9.00. The lowest BCUT2D eigenvalue weighted by atomic mass is 9.72. The lowest BCUT2D eigenvalue weighted by Gasteiger charge is -2.36. The molecule has 1 saturated carbocycles. The zero-order chi connectivity index (χ0) is 18.5. The summed E-state index contributed by atoms with van der Waals surface area (Å²) in [6, 6.07) is 0. The van der Waals surface area contributed by atoms with Gasteiger partial charge >= 0.3 is 6.18 Å². The second kappa shape index (κ2) is 6.40. The topological polar surface area (TPSA) is 60.8 Å². The van der Waals surface area contributed by atoms with Crippen molar-refractivity contribution in [1.29, 1.82) is 0 Å². The van der Waals surface area contributed by atoms with Gasteiger partial charge in [0.2, 0.25) is 0 Å². The molecular formula is C18H21F3N4O. The van der Waals surface area contributed by atoms with Crippen molar-refractivity contribution in [3.05, 3.63) is 22.9 Å². The normalized spacial score (nSPS) is 24.7. The number of aromatic nitrogens is 4. The summed E-state index contributed by atoms with van der Waals surface area (Å²) in [5, 5.41) is 0. The fourth-order valence-corrected chi connectivity index (χ4v) is 3.68. The standard InChI is InChI=1S/C18H21F3N4O/c1-9-10(2)23-17-15(22-9)14(12-7-13(8-12)18(19,20)21)24-16(25-17)11-3-5-26-6-4-11/h11-13H,3-8H2,1-2H3/t12-,13-. The van der Waals surface area contributed by atoms with Crippen LogP contribution in [0.3, 0.4) is 0 Å². The van der Waals surface area contributed by atoms with Gasteiger partial charge in [-0.3, -0.25) is 0 Å². The summed E-state index contributed by atoms with van der Waals surface area (Å²) in [5.74, 6) is -0.650. The van der Waals surface area contributed by atoms with Gasteiger partial charge in [0, 0.05) is 25.0 Å². The number of hydrogen-bond donors (Lipinski definition) is 0. The molecule has 0 N–H and O–H groups in total. The Balaban J connectivity index is 1.75. The van der Waals surface area contributed by atoms with Gasteiger partial charge in [-0.2, -0.15) is 13.2 Å². The molecule has 4 rings (SSSR count). The van der Waals surface area contributed by atoms with Gasteiger partial charge in [-0.25, -0.2) is 19.9 Å². The summed E-state index contributed by atoms with van der Waals surface area (Å²) in [6.45, 7) is 5.01. The molecular weight excluding hydrogens is 345 g/mol. The molecule has 2 aromatic rings. The van der Waals surface area contributed by atoms with E-state index in [0.717, 1.165) is 24.2 Å². The molecule has 0 amide bonds. The molecule has 1 aliphatic heterocycles. The van der Waals surface area contributed by atoms with E-state index in [1.54, 1.807) is 0 Å². The maximum Gasteiger partial charge on any atom is 0.391 e. The highest BCUT2D eigenvalue weighted by molar-refractivity contribution is 5.73. The Labute approximate surface area is 149 Å². The van der Waals surface area contributed by atoms with E-state index in [-0.39, 0.29) is 24.7 Å². The van der Waals surface area contributed by atoms with Crippen molar-refractivity contribution in [2.75, 3.05) is 13.2 Å². The molecule has 0 unspecified atom stereocenters. The minimum atomic E-state index is -4.14. The van der Waals surface area contributed by atoms with E-state index in [2.05, 4.69) is 15.0 Å². The molecule has 2 fully saturated rings. The van der Waals surface area contributed by atoms with Crippen molar-refractivity contribution in [2.24, 2.45) is 5.92 Å². The number of aryl methyl sites for hydroxylation is 2. The quantitative estimate of drug-likeness (QED) is 0.804. The van der Waals surface area contributed by atoms with Gasteiger partial charge in [0.1, 0.15) is 11.3 Å². The van der Waals surface area contributed by atoms with Crippen LogP contribution >= 0.6 is 0 Å². The van der Waals surface area contributed by atoms with E-state index in [4.69, 9.17) is 9.72 Å². The van der Waals surface area contributed by atoms with Crippen molar-refractivity contribution in [1.82, 2.24) is 19.9 Å². The highest BCUT2D eigenvalue weighted by Crippen LogP contribution is 2.50. The number of halogens is 3. The molecule has 1 saturated heterocycles. The van der Waals surface area contributed by atoms with Crippen molar-refractivity contribution < 1.29 is 17.9 Å². The SMILES string of the molecule is Cc1nc2nc(C3CCOCC3)nc([C@H]3C[C@H](C(F)(F)F)C3)c2nc1C. The third kappa shape index (κ3) is 3.15. The Bertz CT molecular complexity index is 827. The molecule has 140 valence electrons. The van der Waals surface area contributed by atoms with Crippen molar-refractivity contribution in [2.45, 2.75) is 57.5 Å². The van der Waals surface area contributed by atoms with Crippen molar-refractivity contribution in [3.63, 3.8) is 0 Å². The number of hydrogen-bond acceptors (Lipinski definition) is 5. The van der Waals surface area contributed by atoms with Gasteiger partial charge in [0.05, 0.1) is 23.0 Å². The van der Waals surface area contributed by atoms with Gasteiger partial charge in [-0.1, -0.05) is 0 Å². The van der Waals surface area contributed by atoms with Gasteiger partial charge < -0.3 is 4.74 Å². The van der Waals surface area contributed by atoms with Crippen LogP contribution < -0.4 is 0 Å².